The molecule has 3 unspecified atom stereocenters. The van der Waals surface area contributed by atoms with Gasteiger partial charge in [0.15, 0.2) is 0 Å². The lowest BCUT2D eigenvalue weighted by atomic mass is 10.1. The SMILES string of the molecule is CC1CN(c2ccc(SC(F)(F)F)cc2)CC(C)N1Sc1cccc2c1CC(C(=O)N=O)C2. The number of carbonyl (C=O) groups is 1. The fraction of sp³-hybridized carbons (Fsp3) is 0.435. The summed E-state index contributed by atoms with van der Waals surface area (Å²) in [5.74, 6) is -0.957. The van der Waals surface area contributed by atoms with Gasteiger partial charge >= 0.3 is 5.51 Å². The minimum atomic E-state index is -4.29. The van der Waals surface area contributed by atoms with Crippen LogP contribution in [0.2, 0.25) is 0 Å². The van der Waals surface area contributed by atoms with Gasteiger partial charge in [-0.05, 0) is 91.9 Å². The highest BCUT2D eigenvalue weighted by Gasteiger charge is 2.34. The molecule has 2 aromatic carbocycles. The maximum Gasteiger partial charge on any atom is 0.446 e. The third kappa shape index (κ3) is 5.55. The van der Waals surface area contributed by atoms with Crippen molar-refractivity contribution < 1.29 is 18.0 Å². The number of benzene rings is 2. The van der Waals surface area contributed by atoms with Gasteiger partial charge in [-0.25, -0.2) is 4.31 Å². The standard InChI is InChI=1S/C23H24F3N3O2S2/c1-14-12-28(18-6-8-19(9-7-18)32-23(24,25)26)13-15(2)29(14)33-21-5-3-4-16-10-17(11-20(16)21)22(30)27-31/h3-9,14-15,17H,10-13H2,1-2H3. The number of carbonyl (C=O) groups excluding carboxylic acids is 1. The zero-order valence-electron chi connectivity index (χ0n) is 18.2. The molecule has 2 aliphatic rings. The monoisotopic (exact) mass is 495 g/mol. The summed E-state index contributed by atoms with van der Waals surface area (Å²) < 4.78 is 40.1. The average Bonchev–Trinajstić information content (AvgIpc) is 3.20. The van der Waals surface area contributed by atoms with Crippen molar-refractivity contribution in [1.82, 2.24) is 4.31 Å². The molecule has 1 amide bonds. The van der Waals surface area contributed by atoms with Crippen molar-refractivity contribution in [2.24, 2.45) is 11.1 Å². The largest absolute Gasteiger partial charge is 0.446 e. The normalized spacial score (nSPS) is 23.4. The number of anilines is 1. The first kappa shape index (κ1) is 24.1. The molecule has 4 rings (SSSR count). The third-order valence-electron chi connectivity index (χ3n) is 6.06. The van der Waals surface area contributed by atoms with Gasteiger partial charge < -0.3 is 4.90 Å². The number of rotatable bonds is 5. The average molecular weight is 496 g/mol. The van der Waals surface area contributed by atoms with E-state index in [4.69, 9.17) is 0 Å². The smallest absolute Gasteiger partial charge is 0.368 e. The van der Waals surface area contributed by atoms with E-state index in [-0.39, 0.29) is 34.7 Å². The van der Waals surface area contributed by atoms with Crippen LogP contribution in [0.3, 0.4) is 0 Å². The number of alkyl halides is 3. The lowest BCUT2D eigenvalue weighted by molar-refractivity contribution is -0.121. The minimum absolute atomic E-state index is 0.103. The lowest BCUT2D eigenvalue weighted by Gasteiger charge is -2.44. The Morgan fingerprint density at radius 2 is 1.70 bits per heavy atom. The van der Waals surface area contributed by atoms with Crippen molar-refractivity contribution in [3.63, 3.8) is 0 Å². The number of thioether (sulfide) groups is 1. The molecule has 3 atom stereocenters. The highest BCUT2D eigenvalue weighted by atomic mass is 32.2. The predicted octanol–water partition coefficient (Wildman–Crippen LogP) is 5.91. The summed E-state index contributed by atoms with van der Waals surface area (Å²) in [6.45, 7) is 5.76. The second-order valence-corrected chi connectivity index (χ2v) is 10.7. The summed E-state index contributed by atoms with van der Waals surface area (Å²) in [4.78, 5) is 26.0. The topological polar surface area (TPSA) is 53.0 Å². The van der Waals surface area contributed by atoms with Crippen LogP contribution < -0.4 is 4.90 Å². The minimum Gasteiger partial charge on any atom is -0.368 e. The molecular formula is C23H24F3N3O2S2. The van der Waals surface area contributed by atoms with E-state index in [2.05, 4.69) is 28.2 Å². The van der Waals surface area contributed by atoms with Crippen molar-refractivity contribution in [3.05, 3.63) is 58.5 Å². The van der Waals surface area contributed by atoms with E-state index in [0.717, 1.165) is 34.8 Å². The Morgan fingerprint density at radius 1 is 1.03 bits per heavy atom. The Balaban J connectivity index is 1.44. The molecule has 1 aliphatic heterocycles. The van der Waals surface area contributed by atoms with Crippen LogP contribution in [-0.4, -0.2) is 40.9 Å². The molecular weight excluding hydrogens is 471 g/mol. The quantitative estimate of drug-likeness (QED) is 0.292. The first-order valence-electron chi connectivity index (χ1n) is 10.7. The third-order valence-corrected chi connectivity index (χ3v) is 8.31. The Labute approximate surface area is 199 Å². The van der Waals surface area contributed by atoms with Crippen LogP contribution in [0.15, 0.2) is 57.4 Å². The Morgan fingerprint density at radius 3 is 2.30 bits per heavy atom. The van der Waals surface area contributed by atoms with Crippen LogP contribution >= 0.6 is 23.7 Å². The molecule has 0 bridgehead atoms. The van der Waals surface area contributed by atoms with Crippen molar-refractivity contribution in [2.45, 2.75) is 54.1 Å². The van der Waals surface area contributed by atoms with Crippen LogP contribution in [0.5, 0.6) is 0 Å². The summed E-state index contributed by atoms with van der Waals surface area (Å²) in [6, 6.07) is 12.9. The van der Waals surface area contributed by atoms with Gasteiger partial charge in [0.05, 0.1) is 5.92 Å². The number of hydrogen-bond acceptors (Lipinski definition) is 6. The summed E-state index contributed by atoms with van der Waals surface area (Å²) in [7, 11) is 0. The molecule has 0 N–H and O–H groups in total. The molecule has 1 aliphatic carbocycles. The van der Waals surface area contributed by atoms with Gasteiger partial charge in [0.2, 0.25) is 0 Å². The molecule has 0 radical (unpaired) electrons. The fourth-order valence-electron chi connectivity index (χ4n) is 4.62. The van der Waals surface area contributed by atoms with Crippen LogP contribution in [0.1, 0.15) is 25.0 Å². The Hall–Kier alpha value is -2.04. The lowest BCUT2D eigenvalue weighted by Crippen LogP contribution is -2.53. The van der Waals surface area contributed by atoms with E-state index < -0.39 is 11.4 Å². The molecule has 33 heavy (non-hydrogen) atoms. The number of piperazine rings is 1. The van der Waals surface area contributed by atoms with Crippen molar-refractivity contribution in [3.8, 4) is 0 Å². The zero-order chi connectivity index (χ0) is 23.8. The van der Waals surface area contributed by atoms with Gasteiger partial charge in [0.25, 0.3) is 5.91 Å². The first-order valence-corrected chi connectivity index (χ1v) is 12.3. The van der Waals surface area contributed by atoms with Crippen molar-refractivity contribution >= 4 is 35.3 Å². The number of nitrogens with zero attached hydrogens (tertiary/aromatic N) is 3. The van der Waals surface area contributed by atoms with E-state index in [1.165, 1.54) is 12.1 Å². The van der Waals surface area contributed by atoms with Crippen molar-refractivity contribution in [1.29, 1.82) is 0 Å². The molecule has 2 aromatic rings. The summed E-state index contributed by atoms with van der Waals surface area (Å²) in [5, 5.41) is 2.61. The number of fused-ring (bicyclic) bond motifs is 1. The molecule has 10 heteroatoms. The Bertz CT molecular complexity index is 1020. The highest BCUT2D eigenvalue weighted by molar-refractivity contribution is 8.00. The second kappa shape index (κ2) is 9.68. The second-order valence-electron chi connectivity index (χ2n) is 8.52. The van der Waals surface area contributed by atoms with Crippen molar-refractivity contribution in [2.75, 3.05) is 18.0 Å². The predicted molar refractivity (Wildman–Crippen MR) is 125 cm³/mol. The summed E-state index contributed by atoms with van der Waals surface area (Å²) in [6.07, 6.45) is 1.09. The number of hydrogen-bond donors (Lipinski definition) is 0. The maximum absolute atomic E-state index is 12.6. The number of halogens is 3. The van der Waals surface area contributed by atoms with E-state index >= 15 is 0 Å². The van der Waals surface area contributed by atoms with Gasteiger partial charge in [-0.3, -0.25) is 4.79 Å². The molecule has 1 saturated heterocycles. The van der Waals surface area contributed by atoms with Gasteiger partial charge in [0, 0.05) is 45.8 Å². The summed E-state index contributed by atoms with van der Waals surface area (Å²) in [5.41, 5.74) is -1.17. The van der Waals surface area contributed by atoms with Gasteiger partial charge in [-0.2, -0.15) is 13.2 Å². The van der Waals surface area contributed by atoms with E-state index in [9.17, 15) is 22.9 Å². The molecule has 1 heterocycles. The van der Waals surface area contributed by atoms with Crippen LogP contribution in [-0.2, 0) is 17.6 Å². The van der Waals surface area contributed by atoms with E-state index in [0.29, 0.717) is 12.8 Å². The fourth-order valence-corrected chi connectivity index (χ4v) is 6.35. The van der Waals surface area contributed by atoms with Crippen LogP contribution in [0.4, 0.5) is 18.9 Å². The molecule has 5 nitrogen and oxygen atoms in total. The highest BCUT2D eigenvalue weighted by Crippen LogP contribution is 2.40. The number of nitroso groups, excluding NO2 is 1. The summed E-state index contributed by atoms with van der Waals surface area (Å²) >= 11 is 1.57. The molecule has 0 spiro atoms. The van der Waals surface area contributed by atoms with Gasteiger partial charge in [-0.15, -0.1) is 4.91 Å². The van der Waals surface area contributed by atoms with Crippen LogP contribution in [0.25, 0.3) is 0 Å². The van der Waals surface area contributed by atoms with Gasteiger partial charge in [-0.1, -0.05) is 12.1 Å². The maximum atomic E-state index is 12.6. The Kier molecular flexibility index (Phi) is 7.07. The zero-order valence-corrected chi connectivity index (χ0v) is 19.8. The molecule has 176 valence electrons. The van der Waals surface area contributed by atoms with E-state index in [1.54, 1.807) is 24.1 Å². The molecule has 0 saturated carbocycles. The van der Waals surface area contributed by atoms with Gasteiger partial charge in [0.1, 0.15) is 0 Å². The van der Waals surface area contributed by atoms with Crippen LogP contribution in [0, 0.1) is 10.8 Å². The molecule has 1 fully saturated rings. The number of amides is 1. The molecule has 0 aromatic heterocycles. The first-order chi connectivity index (χ1) is 15.6. The van der Waals surface area contributed by atoms with E-state index in [1.807, 2.05) is 18.2 Å².